The van der Waals surface area contributed by atoms with Crippen LogP contribution in [0.15, 0.2) is 89.9 Å². The summed E-state index contributed by atoms with van der Waals surface area (Å²) in [5.41, 5.74) is 3.84. The fraction of sp³-hybridized carbons (Fsp3) is 0.351. The van der Waals surface area contributed by atoms with Gasteiger partial charge in [0, 0.05) is 36.1 Å². The van der Waals surface area contributed by atoms with E-state index in [2.05, 4.69) is 4.99 Å². The molecule has 1 aliphatic heterocycles. The van der Waals surface area contributed by atoms with Gasteiger partial charge < -0.3 is 14.7 Å². The Morgan fingerprint density at radius 2 is 1.65 bits per heavy atom. The molecule has 1 N–H and O–H groups in total. The first-order valence-corrected chi connectivity index (χ1v) is 15.8. The molecular formula is C37H42N4O5. The number of rotatable bonds is 9. The van der Waals surface area contributed by atoms with E-state index in [-0.39, 0.29) is 18.0 Å². The maximum absolute atomic E-state index is 12.8. The largest absolute Gasteiger partial charge is 0.442 e. The minimum Gasteiger partial charge on any atom is -0.442 e. The van der Waals surface area contributed by atoms with Crippen molar-refractivity contribution in [3.05, 3.63) is 107 Å². The van der Waals surface area contributed by atoms with Gasteiger partial charge in [-0.25, -0.2) is 9.78 Å². The van der Waals surface area contributed by atoms with Crippen molar-refractivity contribution in [2.75, 3.05) is 19.6 Å². The summed E-state index contributed by atoms with van der Waals surface area (Å²) in [5.74, 6) is 0.0561. The summed E-state index contributed by atoms with van der Waals surface area (Å²) in [6, 6.07) is 26.5. The third-order valence-corrected chi connectivity index (χ3v) is 7.60. The zero-order valence-corrected chi connectivity index (χ0v) is 27.0. The van der Waals surface area contributed by atoms with Crippen LogP contribution in [0.3, 0.4) is 0 Å². The lowest BCUT2D eigenvalue weighted by Gasteiger charge is -2.26. The van der Waals surface area contributed by atoms with Gasteiger partial charge in [0.2, 0.25) is 0 Å². The van der Waals surface area contributed by atoms with E-state index in [0.717, 1.165) is 54.4 Å². The Morgan fingerprint density at radius 1 is 0.957 bits per heavy atom. The number of carbonyl (C=O) groups excluding carboxylic acids is 2. The second kappa shape index (κ2) is 14.8. The summed E-state index contributed by atoms with van der Waals surface area (Å²) in [4.78, 5) is 42.5. The van der Waals surface area contributed by atoms with Crippen LogP contribution in [0.4, 0.5) is 4.79 Å². The lowest BCUT2D eigenvalue weighted by atomic mass is 10.0. The van der Waals surface area contributed by atoms with Gasteiger partial charge in [-0.3, -0.25) is 9.63 Å². The molecule has 1 aliphatic rings. The number of carbonyl (C=O) groups is 2. The molecule has 1 aromatic heterocycles. The van der Waals surface area contributed by atoms with Crippen LogP contribution in [0.5, 0.6) is 0 Å². The fourth-order valence-electron chi connectivity index (χ4n) is 5.34. The Balaban J connectivity index is 1.51. The van der Waals surface area contributed by atoms with Crippen LogP contribution in [0.1, 0.15) is 74.7 Å². The second-order valence-electron chi connectivity index (χ2n) is 12.5. The summed E-state index contributed by atoms with van der Waals surface area (Å²) < 4.78 is 5.44. The SMILES string of the molecule is CCCN(OCc1ccccc1)C(O)c1cc(=NC(=O)OC(C)(C)C)nc2cc(-c3ccc(C(=O)N4CCCC4)cc3)ccc2c1. The third kappa shape index (κ3) is 8.63. The lowest BCUT2D eigenvalue weighted by Crippen LogP contribution is -2.30. The van der Waals surface area contributed by atoms with Gasteiger partial charge >= 0.3 is 6.09 Å². The smallest absolute Gasteiger partial charge is 0.436 e. The van der Waals surface area contributed by atoms with Gasteiger partial charge in [-0.15, -0.1) is 0 Å². The van der Waals surface area contributed by atoms with Gasteiger partial charge in [0.1, 0.15) is 5.60 Å². The number of aliphatic hydroxyl groups is 1. The predicted molar refractivity (Wildman–Crippen MR) is 177 cm³/mol. The first-order valence-electron chi connectivity index (χ1n) is 15.8. The molecule has 3 aromatic carbocycles. The standard InChI is InChI=1S/C37H42N4O5/c1-5-19-41(45-25-26-11-7-6-8-12-26)35(43)31-22-30-18-17-29(23-32(30)38-33(24-31)39-36(44)46-37(2,3)4)27-13-15-28(16-14-27)34(42)40-20-9-10-21-40/h6-8,11-18,22-24,35,43H,5,9-10,19-21,25H2,1-4H3. The highest BCUT2D eigenvalue weighted by molar-refractivity contribution is 5.95. The Labute approximate surface area is 270 Å². The number of hydrogen-bond donors (Lipinski definition) is 1. The van der Waals surface area contributed by atoms with Gasteiger partial charge in [-0.1, -0.05) is 61.5 Å². The van der Waals surface area contributed by atoms with E-state index in [1.807, 2.05) is 90.7 Å². The average Bonchev–Trinajstić information content (AvgIpc) is 3.51. The number of aromatic nitrogens is 1. The molecule has 5 rings (SSSR count). The number of nitrogens with zero attached hydrogens (tertiary/aromatic N) is 4. The molecule has 46 heavy (non-hydrogen) atoms. The van der Waals surface area contributed by atoms with Crippen molar-refractivity contribution in [1.82, 2.24) is 14.9 Å². The third-order valence-electron chi connectivity index (χ3n) is 7.60. The predicted octanol–water partition coefficient (Wildman–Crippen LogP) is 6.81. The van der Waals surface area contributed by atoms with Crippen LogP contribution < -0.4 is 5.49 Å². The van der Waals surface area contributed by atoms with Crippen LogP contribution in [0, 0.1) is 0 Å². The number of fused-ring (bicyclic) bond motifs is 1. The number of hydroxylamine groups is 2. The number of aliphatic hydroxyl groups excluding tert-OH is 1. The average molecular weight is 623 g/mol. The van der Waals surface area contributed by atoms with E-state index >= 15 is 0 Å². The molecule has 0 bridgehead atoms. The van der Waals surface area contributed by atoms with Gasteiger partial charge in [-0.05, 0) is 87.1 Å². The van der Waals surface area contributed by atoms with Crippen molar-refractivity contribution in [3.63, 3.8) is 0 Å². The molecule has 4 aromatic rings. The van der Waals surface area contributed by atoms with Crippen molar-refractivity contribution in [3.8, 4) is 11.1 Å². The first-order chi connectivity index (χ1) is 22.1. The maximum Gasteiger partial charge on any atom is 0.436 e. The highest BCUT2D eigenvalue weighted by atomic mass is 16.7. The molecule has 240 valence electrons. The van der Waals surface area contributed by atoms with Crippen LogP contribution in [0.25, 0.3) is 22.0 Å². The van der Waals surface area contributed by atoms with Crippen LogP contribution >= 0.6 is 0 Å². The normalized spacial score (nSPS) is 14.6. The van der Waals surface area contributed by atoms with Crippen molar-refractivity contribution in [2.45, 2.75) is 65.4 Å². The summed E-state index contributed by atoms with van der Waals surface area (Å²) in [6.45, 7) is 9.68. The fourth-order valence-corrected chi connectivity index (χ4v) is 5.34. The molecule has 1 fully saturated rings. The molecular weight excluding hydrogens is 580 g/mol. The van der Waals surface area contributed by atoms with E-state index in [1.54, 1.807) is 26.8 Å². The van der Waals surface area contributed by atoms with E-state index in [0.29, 0.717) is 23.2 Å². The van der Waals surface area contributed by atoms with Crippen molar-refractivity contribution in [1.29, 1.82) is 0 Å². The Bertz CT molecular complexity index is 1730. The van der Waals surface area contributed by atoms with Gasteiger partial charge in [-0.2, -0.15) is 10.1 Å². The molecule has 9 heteroatoms. The summed E-state index contributed by atoms with van der Waals surface area (Å²) >= 11 is 0. The number of amides is 2. The first kappa shape index (κ1) is 32.9. The van der Waals surface area contributed by atoms with Crippen LogP contribution in [-0.2, 0) is 16.2 Å². The number of ether oxygens (including phenoxy) is 1. The summed E-state index contributed by atoms with van der Waals surface area (Å²) in [6.07, 6.45) is 0.895. The highest BCUT2D eigenvalue weighted by Crippen LogP contribution is 2.26. The Hall–Kier alpha value is -4.44. The Morgan fingerprint density at radius 3 is 2.33 bits per heavy atom. The van der Waals surface area contributed by atoms with Crippen molar-refractivity contribution < 1.29 is 24.3 Å². The quantitative estimate of drug-likeness (QED) is 0.162. The van der Waals surface area contributed by atoms with Crippen molar-refractivity contribution >= 4 is 22.9 Å². The van der Waals surface area contributed by atoms with E-state index < -0.39 is 17.9 Å². The van der Waals surface area contributed by atoms with E-state index in [9.17, 15) is 14.7 Å². The van der Waals surface area contributed by atoms with Gasteiger partial charge in [0.15, 0.2) is 11.7 Å². The molecule has 0 spiro atoms. The number of likely N-dealkylation sites (tertiary alicyclic amines) is 1. The van der Waals surface area contributed by atoms with E-state index in [4.69, 9.17) is 14.6 Å². The van der Waals surface area contributed by atoms with Gasteiger partial charge in [0.25, 0.3) is 5.91 Å². The highest BCUT2D eigenvalue weighted by Gasteiger charge is 2.21. The van der Waals surface area contributed by atoms with Crippen LogP contribution in [-0.4, -0.2) is 57.3 Å². The van der Waals surface area contributed by atoms with Crippen molar-refractivity contribution in [2.24, 2.45) is 4.99 Å². The number of benzene rings is 3. The van der Waals surface area contributed by atoms with Crippen LogP contribution in [0.2, 0.25) is 0 Å². The molecule has 2 heterocycles. The molecule has 0 radical (unpaired) electrons. The Kier molecular flexibility index (Phi) is 10.6. The molecule has 1 unspecified atom stereocenters. The van der Waals surface area contributed by atoms with E-state index in [1.165, 1.54) is 5.06 Å². The molecule has 2 amide bonds. The minimum atomic E-state index is -1.16. The van der Waals surface area contributed by atoms with Gasteiger partial charge in [0.05, 0.1) is 12.1 Å². The second-order valence-corrected chi connectivity index (χ2v) is 12.5. The molecule has 0 saturated carbocycles. The molecule has 0 aliphatic carbocycles. The zero-order chi connectivity index (χ0) is 32.7. The molecule has 1 atom stereocenters. The minimum absolute atomic E-state index is 0.0561. The maximum atomic E-state index is 12.8. The molecule has 9 nitrogen and oxygen atoms in total. The topological polar surface area (TPSA) is 105 Å². The summed E-state index contributed by atoms with van der Waals surface area (Å²) in [7, 11) is 0. The summed E-state index contributed by atoms with van der Waals surface area (Å²) in [5, 5.41) is 13.8. The monoisotopic (exact) mass is 622 g/mol. The number of hydrogen-bond acceptors (Lipinski definition) is 7. The lowest BCUT2D eigenvalue weighted by molar-refractivity contribution is -0.250. The molecule has 1 saturated heterocycles. The zero-order valence-electron chi connectivity index (χ0n) is 27.0.